The van der Waals surface area contributed by atoms with Gasteiger partial charge in [0.1, 0.15) is 11.6 Å². The highest BCUT2D eigenvalue weighted by Gasteiger charge is 2.16. The molecule has 0 saturated carbocycles. The molecule has 2 rings (SSSR count). The number of methoxy groups -OCH3 is 1. The summed E-state index contributed by atoms with van der Waals surface area (Å²) in [5, 5.41) is 3.17. The van der Waals surface area contributed by atoms with Crippen LogP contribution in [0.15, 0.2) is 42.5 Å². The van der Waals surface area contributed by atoms with Crippen LogP contribution < -0.4 is 10.1 Å². The molecule has 106 valence electrons. The Morgan fingerprint density at radius 1 is 1.15 bits per heavy atom. The molecule has 0 amide bonds. The van der Waals surface area contributed by atoms with Gasteiger partial charge in [-0.1, -0.05) is 37.3 Å². The molecule has 0 spiro atoms. The molecular formula is C17H20FNO. The number of halogens is 1. The molecule has 0 aliphatic heterocycles. The fraction of sp³-hybridized carbons (Fsp3) is 0.294. The van der Waals surface area contributed by atoms with Gasteiger partial charge in [-0.3, -0.25) is 0 Å². The molecule has 3 heteroatoms. The summed E-state index contributed by atoms with van der Waals surface area (Å²) in [5.74, 6) is 0.269. The third-order valence-corrected chi connectivity index (χ3v) is 3.53. The van der Waals surface area contributed by atoms with Crippen molar-refractivity contribution in [1.29, 1.82) is 0 Å². The van der Waals surface area contributed by atoms with Crippen molar-refractivity contribution in [3.63, 3.8) is 0 Å². The first-order valence-electron chi connectivity index (χ1n) is 6.79. The van der Waals surface area contributed by atoms with Crippen molar-refractivity contribution in [1.82, 2.24) is 5.32 Å². The molecule has 2 aromatic rings. The van der Waals surface area contributed by atoms with Gasteiger partial charge in [0, 0.05) is 11.6 Å². The zero-order valence-corrected chi connectivity index (χ0v) is 12.1. The van der Waals surface area contributed by atoms with Crippen LogP contribution >= 0.6 is 0 Å². The number of hydrogen-bond donors (Lipinski definition) is 1. The van der Waals surface area contributed by atoms with Gasteiger partial charge in [-0.2, -0.15) is 0 Å². The number of hydrogen-bond acceptors (Lipinski definition) is 2. The van der Waals surface area contributed by atoms with Gasteiger partial charge in [0.25, 0.3) is 0 Å². The van der Waals surface area contributed by atoms with Crippen LogP contribution in [0.2, 0.25) is 0 Å². The third-order valence-electron chi connectivity index (χ3n) is 3.53. The van der Waals surface area contributed by atoms with E-state index in [0.29, 0.717) is 11.3 Å². The van der Waals surface area contributed by atoms with Crippen LogP contribution in [0.25, 0.3) is 0 Å². The van der Waals surface area contributed by atoms with E-state index in [1.54, 1.807) is 12.1 Å². The van der Waals surface area contributed by atoms with Gasteiger partial charge in [0.15, 0.2) is 0 Å². The van der Waals surface area contributed by atoms with Crippen molar-refractivity contribution < 1.29 is 9.13 Å². The van der Waals surface area contributed by atoms with Gasteiger partial charge < -0.3 is 10.1 Å². The van der Waals surface area contributed by atoms with Gasteiger partial charge in [0.05, 0.1) is 13.2 Å². The molecule has 2 aromatic carbocycles. The smallest absolute Gasteiger partial charge is 0.132 e. The van der Waals surface area contributed by atoms with Crippen LogP contribution in [0.1, 0.15) is 29.7 Å². The summed E-state index contributed by atoms with van der Waals surface area (Å²) < 4.78 is 19.2. The number of ether oxygens (including phenoxy) is 1. The fourth-order valence-corrected chi connectivity index (χ4v) is 2.32. The Morgan fingerprint density at radius 3 is 2.35 bits per heavy atom. The van der Waals surface area contributed by atoms with Crippen LogP contribution in [0.5, 0.6) is 5.75 Å². The first kappa shape index (κ1) is 14.5. The van der Waals surface area contributed by atoms with Gasteiger partial charge in [-0.05, 0) is 30.7 Å². The maximum atomic E-state index is 14.2. The van der Waals surface area contributed by atoms with Crippen molar-refractivity contribution in [2.24, 2.45) is 0 Å². The Kier molecular flexibility index (Phi) is 4.74. The second kappa shape index (κ2) is 6.53. The highest BCUT2D eigenvalue weighted by atomic mass is 19.1. The standard InChI is InChI=1S/C17H20FNO/c1-4-12-5-7-13(8-6-12)17(19-2)15-10-9-14(20-3)11-16(15)18/h5-11,17,19H,4H2,1-3H3. The Bertz CT molecular complexity index is 566. The van der Waals surface area contributed by atoms with Crippen molar-refractivity contribution in [2.75, 3.05) is 14.2 Å². The molecule has 0 aliphatic carbocycles. The second-order valence-corrected chi connectivity index (χ2v) is 4.70. The van der Waals surface area contributed by atoms with E-state index in [9.17, 15) is 4.39 Å². The van der Waals surface area contributed by atoms with Crippen LogP contribution in [0.3, 0.4) is 0 Å². The van der Waals surface area contributed by atoms with E-state index in [2.05, 4.69) is 24.4 Å². The van der Waals surface area contributed by atoms with E-state index >= 15 is 0 Å². The van der Waals surface area contributed by atoms with Crippen molar-refractivity contribution in [3.8, 4) is 5.75 Å². The van der Waals surface area contributed by atoms with Gasteiger partial charge in [-0.15, -0.1) is 0 Å². The minimum atomic E-state index is -0.261. The lowest BCUT2D eigenvalue weighted by molar-refractivity contribution is 0.410. The molecule has 0 heterocycles. The quantitative estimate of drug-likeness (QED) is 0.896. The molecule has 1 atom stereocenters. The average molecular weight is 273 g/mol. The summed E-state index contributed by atoms with van der Waals surface area (Å²) in [7, 11) is 3.37. The first-order chi connectivity index (χ1) is 9.69. The van der Waals surface area contributed by atoms with E-state index in [1.165, 1.54) is 18.7 Å². The number of benzene rings is 2. The fourth-order valence-electron chi connectivity index (χ4n) is 2.32. The molecule has 0 aromatic heterocycles. The van der Waals surface area contributed by atoms with Crippen LogP contribution in [-0.2, 0) is 6.42 Å². The first-order valence-corrected chi connectivity index (χ1v) is 6.79. The predicted octanol–water partition coefficient (Wildman–Crippen LogP) is 3.71. The van der Waals surface area contributed by atoms with Crippen LogP contribution in [0, 0.1) is 5.82 Å². The Balaban J connectivity index is 2.35. The topological polar surface area (TPSA) is 21.3 Å². The van der Waals surface area contributed by atoms with Crippen LogP contribution in [-0.4, -0.2) is 14.2 Å². The number of nitrogens with one attached hydrogen (secondary N) is 1. The summed E-state index contributed by atoms with van der Waals surface area (Å²) in [6.45, 7) is 2.12. The maximum Gasteiger partial charge on any atom is 0.132 e. The monoisotopic (exact) mass is 273 g/mol. The molecule has 0 bridgehead atoms. The summed E-state index contributed by atoms with van der Waals surface area (Å²) in [6, 6.07) is 13.1. The van der Waals surface area contributed by atoms with Gasteiger partial charge in [0.2, 0.25) is 0 Å². The highest BCUT2D eigenvalue weighted by Crippen LogP contribution is 2.27. The Hall–Kier alpha value is -1.87. The van der Waals surface area contributed by atoms with Crippen molar-refractivity contribution in [2.45, 2.75) is 19.4 Å². The van der Waals surface area contributed by atoms with Crippen molar-refractivity contribution >= 4 is 0 Å². The summed E-state index contributed by atoms with van der Waals surface area (Å²) in [4.78, 5) is 0. The van der Waals surface area contributed by atoms with Crippen LogP contribution in [0.4, 0.5) is 4.39 Å². The van der Waals surface area contributed by atoms with E-state index in [4.69, 9.17) is 4.74 Å². The zero-order chi connectivity index (χ0) is 14.5. The summed E-state index contributed by atoms with van der Waals surface area (Å²) in [5.41, 5.74) is 2.95. The second-order valence-electron chi connectivity index (χ2n) is 4.70. The molecule has 0 aliphatic rings. The van der Waals surface area contributed by atoms with E-state index in [-0.39, 0.29) is 11.9 Å². The average Bonchev–Trinajstić information content (AvgIpc) is 2.50. The molecule has 0 radical (unpaired) electrons. The number of aryl methyl sites for hydroxylation is 1. The van der Waals surface area contributed by atoms with E-state index in [0.717, 1.165) is 12.0 Å². The Labute approximate surface area is 119 Å². The Morgan fingerprint density at radius 2 is 1.85 bits per heavy atom. The highest BCUT2D eigenvalue weighted by molar-refractivity contribution is 5.37. The molecular weight excluding hydrogens is 253 g/mol. The lowest BCUT2D eigenvalue weighted by Gasteiger charge is -2.18. The lowest BCUT2D eigenvalue weighted by atomic mass is 9.97. The molecule has 20 heavy (non-hydrogen) atoms. The minimum absolute atomic E-state index is 0.160. The molecule has 1 N–H and O–H groups in total. The lowest BCUT2D eigenvalue weighted by Crippen LogP contribution is -2.19. The number of rotatable bonds is 5. The molecule has 0 fully saturated rings. The maximum absolute atomic E-state index is 14.2. The third kappa shape index (κ3) is 2.99. The zero-order valence-electron chi connectivity index (χ0n) is 12.1. The predicted molar refractivity (Wildman–Crippen MR) is 79.7 cm³/mol. The van der Waals surface area contributed by atoms with E-state index in [1.807, 2.05) is 19.2 Å². The summed E-state index contributed by atoms with van der Waals surface area (Å²) in [6.07, 6.45) is 1.00. The van der Waals surface area contributed by atoms with E-state index < -0.39 is 0 Å². The van der Waals surface area contributed by atoms with Gasteiger partial charge in [-0.25, -0.2) is 4.39 Å². The summed E-state index contributed by atoms with van der Waals surface area (Å²) >= 11 is 0. The SMILES string of the molecule is CCc1ccc(C(NC)c2ccc(OC)cc2F)cc1. The van der Waals surface area contributed by atoms with Crippen molar-refractivity contribution in [3.05, 3.63) is 65.0 Å². The minimum Gasteiger partial charge on any atom is -0.497 e. The normalized spacial score (nSPS) is 12.2. The van der Waals surface area contributed by atoms with Gasteiger partial charge >= 0.3 is 0 Å². The molecule has 2 nitrogen and oxygen atoms in total. The molecule has 0 saturated heterocycles. The molecule has 1 unspecified atom stereocenters. The largest absolute Gasteiger partial charge is 0.497 e.